The number of nitrogens with one attached hydrogen (secondary N) is 1. The first-order valence-electron chi connectivity index (χ1n) is 6.04. The molecule has 0 aliphatic carbocycles. The van der Waals surface area contributed by atoms with Gasteiger partial charge in [-0.15, -0.1) is 11.8 Å². The van der Waals surface area contributed by atoms with Gasteiger partial charge in [-0.2, -0.15) is 0 Å². The molecule has 0 aromatic carbocycles. The Labute approximate surface area is 101 Å². The van der Waals surface area contributed by atoms with Crippen molar-refractivity contribution in [2.75, 3.05) is 45.1 Å². The van der Waals surface area contributed by atoms with Crippen LogP contribution in [-0.4, -0.2) is 61.2 Å². The Morgan fingerprint density at radius 1 is 1.31 bits per heavy atom. The molecule has 2 rings (SSSR count). The summed E-state index contributed by atoms with van der Waals surface area (Å²) in [6.45, 7) is 5.33. The molecule has 2 aliphatic heterocycles. The molecule has 2 fully saturated rings. The Hall–Kier alpha value is -0.260. The van der Waals surface area contributed by atoms with Crippen LogP contribution in [0, 0.1) is 0 Å². The van der Waals surface area contributed by atoms with Crippen LogP contribution in [0.3, 0.4) is 0 Å². The minimum Gasteiger partial charge on any atom is -0.381 e. The predicted octanol–water partition coefficient (Wildman–Crippen LogP) is 0.330. The summed E-state index contributed by atoms with van der Waals surface area (Å²) in [7, 11) is 0. The van der Waals surface area contributed by atoms with Crippen molar-refractivity contribution in [3.63, 3.8) is 0 Å². The van der Waals surface area contributed by atoms with E-state index in [2.05, 4.69) is 5.32 Å². The summed E-state index contributed by atoms with van der Waals surface area (Å²) in [6.07, 6.45) is 2.19. The average molecular weight is 244 g/mol. The van der Waals surface area contributed by atoms with Crippen LogP contribution in [0.2, 0.25) is 0 Å². The molecule has 1 N–H and O–H groups in total. The quantitative estimate of drug-likeness (QED) is 0.777. The van der Waals surface area contributed by atoms with Gasteiger partial charge in [-0.1, -0.05) is 0 Å². The monoisotopic (exact) mass is 244 g/mol. The normalized spacial score (nSPS) is 23.4. The summed E-state index contributed by atoms with van der Waals surface area (Å²) < 4.78 is 5.31. The molecule has 0 spiro atoms. The zero-order valence-corrected chi connectivity index (χ0v) is 10.4. The lowest BCUT2D eigenvalue weighted by atomic mass is 10.2. The number of piperazine rings is 1. The smallest absolute Gasteiger partial charge is 0.232 e. The lowest BCUT2D eigenvalue weighted by molar-refractivity contribution is -0.128. The number of hydrogen-bond acceptors (Lipinski definition) is 4. The van der Waals surface area contributed by atoms with Gasteiger partial charge in [-0.05, 0) is 12.8 Å². The molecule has 5 heteroatoms. The van der Waals surface area contributed by atoms with Crippen molar-refractivity contribution in [1.82, 2.24) is 10.2 Å². The highest BCUT2D eigenvalue weighted by atomic mass is 32.2. The Morgan fingerprint density at radius 3 is 2.69 bits per heavy atom. The van der Waals surface area contributed by atoms with Gasteiger partial charge in [0.15, 0.2) is 0 Å². The third-order valence-corrected chi connectivity index (χ3v) is 4.44. The van der Waals surface area contributed by atoms with Crippen molar-refractivity contribution < 1.29 is 9.53 Å². The van der Waals surface area contributed by atoms with Crippen LogP contribution in [-0.2, 0) is 9.53 Å². The van der Waals surface area contributed by atoms with Gasteiger partial charge < -0.3 is 15.0 Å². The van der Waals surface area contributed by atoms with Crippen molar-refractivity contribution in [1.29, 1.82) is 0 Å². The lowest BCUT2D eigenvalue weighted by Gasteiger charge is -2.28. The molecule has 4 nitrogen and oxygen atoms in total. The van der Waals surface area contributed by atoms with Crippen LogP contribution >= 0.6 is 11.8 Å². The molecule has 2 heterocycles. The van der Waals surface area contributed by atoms with Gasteiger partial charge in [-0.25, -0.2) is 0 Å². The van der Waals surface area contributed by atoms with Gasteiger partial charge in [0.25, 0.3) is 0 Å². The van der Waals surface area contributed by atoms with Crippen LogP contribution in [0.15, 0.2) is 0 Å². The van der Waals surface area contributed by atoms with E-state index in [1.807, 2.05) is 16.7 Å². The molecular weight excluding hydrogens is 224 g/mol. The standard InChI is InChI=1S/C11H20N2O2S/c14-11(13-5-3-12-4-6-13)9-16-10-1-7-15-8-2-10/h10,12H,1-9H2. The van der Waals surface area contributed by atoms with Crippen molar-refractivity contribution in [3.05, 3.63) is 0 Å². The summed E-state index contributed by atoms with van der Waals surface area (Å²) >= 11 is 1.81. The van der Waals surface area contributed by atoms with E-state index < -0.39 is 0 Å². The maximum Gasteiger partial charge on any atom is 0.232 e. The molecular formula is C11H20N2O2S. The van der Waals surface area contributed by atoms with Gasteiger partial charge in [-0.3, -0.25) is 4.79 Å². The molecule has 16 heavy (non-hydrogen) atoms. The maximum atomic E-state index is 11.9. The number of hydrogen-bond donors (Lipinski definition) is 1. The predicted molar refractivity (Wildman–Crippen MR) is 65.7 cm³/mol. The molecule has 0 aromatic heterocycles. The highest BCUT2D eigenvalue weighted by Crippen LogP contribution is 2.22. The molecule has 0 bridgehead atoms. The third-order valence-electron chi connectivity index (χ3n) is 3.08. The van der Waals surface area contributed by atoms with Gasteiger partial charge >= 0.3 is 0 Å². The van der Waals surface area contributed by atoms with Crippen LogP contribution in [0.4, 0.5) is 0 Å². The lowest BCUT2D eigenvalue weighted by Crippen LogP contribution is -2.47. The fraction of sp³-hybridized carbons (Fsp3) is 0.909. The first-order chi connectivity index (χ1) is 7.86. The van der Waals surface area contributed by atoms with E-state index in [1.54, 1.807) is 0 Å². The van der Waals surface area contributed by atoms with Gasteiger partial charge in [0, 0.05) is 44.6 Å². The molecule has 0 saturated carbocycles. The van der Waals surface area contributed by atoms with Crippen LogP contribution < -0.4 is 5.32 Å². The number of carbonyl (C=O) groups excluding carboxylic acids is 1. The molecule has 2 aliphatic rings. The van der Waals surface area contributed by atoms with Crippen LogP contribution in [0.1, 0.15) is 12.8 Å². The Balaban J connectivity index is 1.65. The van der Waals surface area contributed by atoms with E-state index in [1.165, 1.54) is 0 Å². The number of rotatable bonds is 3. The second-order valence-electron chi connectivity index (χ2n) is 4.25. The summed E-state index contributed by atoms with van der Waals surface area (Å²) in [6, 6.07) is 0. The molecule has 0 atom stereocenters. The average Bonchev–Trinajstić information content (AvgIpc) is 2.38. The molecule has 0 unspecified atom stereocenters. The number of nitrogens with zero attached hydrogens (tertiary/aromatic N) is 1. The number of ether oxygens (including phenoxy) is 1. The largest absolute Gasteiger partial charge is 0.381 e. The molecule has 0 aromatic rings. The van der Waals surface area contributed by atoms with Crippen LogP contribution in [0.25, 0.3) is 0 Å². The summed E-state index contributed by atoms with van der Waals surface area (Å²) in [5.41, 5.74) is 0. The van der Waals surface area contributed by atoms with E-state index in [0.29, 0.717) is 16.9 Å². The topological polar surface area (TPSA) is 41.6 Å². The minimum absolute atomic E-state index is 0.304. The summed E-state index contributed by atoms with van der Waals surface area (Å²) in [5.74, 6) is 0.947. The van der Waals surface area contributed by atoms with Crippen molar-refractivity contribution in [2.24, 2.45) is 0 Å². The van der Waals surface area contributed by atoms with Crippen molar-refractivity contribution >= 4 is 17.7 Å². The molecule has 1 amide bonds. The van der Waals surface area contributed by atoms with Gasteiger partial charge in [0.05, 0.1) is 5.75 Å². The second kappa shape index (κ2) is 6.47. The van der Waals surface area contributed by atoms with Crippen LogP contribution in [0.5, 0.6) is 0 Å². The highest BCUT2D eigenvalue weighted by molar-refractivity contribution is 8.00. The fourth-order valence-corrected chi connectivity index (χ4v) is 3.12. The number of carbonyl (C=O) groups is 1. The van der Waals surface area contributed by atoms with E-state index >= 15 is 0 Å². The Morgan fingerprint density at radius 2 is 2.00 bits per heavy atom. The number of thioether (sulfide) groups is 1. The molecule has 0 radical (unpaired) electrons. The Kier molecular flexibility index (Phi) is 4.93. The second-order valence-corrected chi connectivity index (χ2v) is 5.54. The molecule has 92 valence electrons. The summed E-state index contributed by atoms with van der Waals surface area (Å²) in [5, 5.41) is 3.88. The van der Waals surface area contributed by atoms with E-state index in [0.717, 1.165) is 52.2 Å². The fourth-order valence-electron chi connectivity index (χ4n) is 2.04. The zero-order chi connectivity index (χ0) is 11.2. The maximum absolute atomic E-state index is 11.9. The molecule has 2 saturated heterocycles. The van der Waals surface area contributed by atoms with Crippen molar-refractivity contribution in [3.8, 4) is 0 Å². The summed E-state index contributed by atoms with van der Waals surface area (Å²) in [4.78, 5) is 13.9. The number of amides is 1. The van der Waals surface area contributed by atoms with E-state index in [-0.39, 0.29) is 0 Å². The first-order valence-corrected chi connectivity index (χ1v) is 7.09. The third kappa shape index (κ3) is 3.64. The zero-order valence-electron chi connectivity index (χ0n) is 9.61. The van der Waals surface area contributed by atoms with E-state index in [4.69, 9.17) is 4.74 Å². The minimum atomic E-state index is 0.304. The SMILES string of the molecule is O=C(CSC1CCOCC1)N1CCNCC1. The first kappa shape index (κ1) is 12.2. The Bertz CT molecular complexity index is 226. The van der Waals surface area contributed by atoms with E-state index in [9.17, 15) is 4.79 Å². The highest BCUT2D eigenvalue weighted by Gasteiger charge is 2.19. The van der Waals surface area contributed by atoms with Gasteiger partial charge in [0.2, 0.25) is 5.91 Å². The van der Waals surface area contributed by atoms with Crippen molar-refractivity contribution in [2.45, 2.75) is 18.1 Å². The van der Waals surface area contributed by atoms with Gasteiger partial charge in [0.1, 0.15) is 0 Å².